The molecule has 3 nitrogen and oxygen atoms in total. The zero-order valence-electron chi connectivity index (χ0n) is 7.02. The Morgan fingerprint density at radius 2 is 2.36 bits per heavy atom. The van der Waals surface area contributed by atoms with Gasteiger partial charge in [-0.15, -0.1) is 11.3 Å². The minimum Gasteiger partial charge on any atom is -0.506 e. The van der Waals surface area contributed by atoms with Crippen molar-refractivity contribution >= 4 is 27.7 Å². The molecule has 0 atom stereocenters. The molecule has 0 saturated carbocycles. The van der Waals surface area contributed by atoms with E-state index in [2.05, 4.69) is 0 Å². The molecule has 0 aliphatic rings. The smallest absolute Gasteiger partial charge is 0.152 e. The summed E-state index contributed by atoms with van der Waals surface area (Å²) < 4.78 is 0.645. The van der Waals surface area contributed by atoms with Crippen LogP contribution in [0.1, 0.15) is 15.9 Å². The zero-order valence-corrected chi connectivity index (χ0v) is 7.84. The fourth-order valence-corrected chi connectivity index (χ4v) is 2.19. The maximum atomic E-state index is 10.8. The molecular weight excluding hydrogens is 198 g/mol. The fraction of sp³-hybridized carbons (Fsp3) is 0. The number of phenolic OH excluding ortho intramolecular Hbond substituents is 1. The number of rotatable bonds is 1. The van der Waals surface area contributed by atoms with Crippen LogP contribution < -0.4 is 0 Å². The number of nitrogens with zero attached hydrogens (tertiary/aromatic N) is 1. The van der Waals surface area contributed by atoms with Gasteiger partial charge in [0.2, 0.25) is 0 Å². The van der Waals surface area contributed by atoms with Crippen molar-refractivity contribution in [2.24, 2.45) is 0 Å². The van der Waals surface area contributed by atoms with Crippen LogP contribution in [0.15, 0.2) is 17.5 Å². The molecule has 2 rings (SSSR count). The van der Waals surface area contributed by atoms with Gasteiger partial charge in [0.15, 0.2) is 6.29 Å². The summed E-state index contributed by atoms with van der Waals surface area (Å²) in [5, 5.41) is 20.7. The Morgan fingerprint density at radius 3 is 3.00 bits per heavy atom. The molecule has 1 N–H and O–H groups in total. The highest BCUT2D eigenvalue weighted by Gasteiger charge is 2.11. The average molecular weight is 203 g/mol. The molecule has 14 heavy (non-hydrogen) atoms. The number of benzene rings is 1. The lowest BCUT2D eigenvalue weighted by molar-refractivity contribution is 0.112. The van der Waals surface area contributed by atoms with Crippen LogP contribution >= 0.6 is 11.3 Å². The molecule has 0 aliphatic heterocycles. The Morgan fingerprint density at radius 1 is 1.57 bits per heavy atom. The lowest BCUT2D eigenvalue weighted by Crippen LogP contribution is -1.87. The first kappa shape index (κ1) is 8.73. The van der Waals surface area contributed by atoms with E-state index in [-0.39, 0.29) is 11.3 Å². The summed E-state index contributed by atoms with van der Waals surface area (Å²) in [5.74, 6) is 0.0529. The second-order valence-electron chi connectivity index (χ2n) is 2.75. The molecule has 68 valence electrons. The molecule has 2 aromatic rings. The Hall–Kier alpha value is -1.86. The normalized spacial score (nSPS) is 9.93. The molecule has 0 fully saturated rings. The summed E-state index contributed by atoms with van der Waals surface area (Å²) in [5.41, 5.74) is 0.560. The van der Waals surface area contributed by atoms with Crippen LogP contribution in [0.5, 0.6) is 5.75 Å². The maximum Gasteiger partial charge on any atom is 0.152 e. The molecule has 0 spiro atoms. The first-order valence-corrected chi connectivity index (χ1v) is 4.74. The number of aldehydes is 1. The van der Waals surface area contributed by atoms with E-state index >= 15 is 0 Å². The molecule has 1 heterocycles. The van der Waals surface area contributed by atoms with Crippen LogP contribution in [0, 0.1) is 11.3 Å². The number of hydrogen-bond donors (Lipinski definition) is 1. The molecule has 0 unspecified atom stereocenters. The Bertz CT molecular complexity index is 551. The molecule has 4 heteroatoms. The Labute approximate surface area is 83.8 Å². The van der Waals surface area contributed by atoms with Gasteiger partial charge in [-0.2, -0.15) is 5.26 Å². The molecule has 0 aliphatic carbocycles. The molecule has 1 aromatic heterocycles. The number of carbonyl (C=O) groups excluding carboxylic acids is 1. The van der Waals surface area contributed by atoms with Crippen molar-refractivity contribution in [2.45, 2.75) is 0 Å². The van der Waals surface area contributed by atoms with Crippen molar-refractivity contribution in [3.05, 3.63) is 28.6 Å². The van der Waals surface area contributed by atoms with Crippen molar-refractivity contribution in [2.75, 3.05) is 0 Å². The Balaban J connectivity index is 2.97. The Kier molecular flexibility index (Phi) is 1.95. The summed E-state index contributed by atoms with van der Waals surface area (Å²) in [6, 6.07) is 4.93. The van der Waals surface area contributed by atoms with Crippen LogP contribution in [0.25, 0.3) is 10.1 Å². The van der Waals surface area contributed by atoms with E-state index < -0.39 is 0 Å². The highest BCUT2D eigenvalue weighted by atomic mass is 32.1. The van der Waals surface area contributed by atoms with Crippen LogP contribution in [0.2, 0.25) is 0 Å². The second kappa shape index (κ2) is 3.13. The van der Waals surface area contributed by atoms with Crippen molar-refractivity contribution in [1.82, 2.24) is 0 Å². The zero-order chi connectivity index (χ0) is 10.1. The summed E-state index contributed by atoms with van der Waals surface area (Å²) in [4.78, 5) is 10.8. The van der Waals surface area contributed by atoms with E-state index in [1.165, 1.54) is 17.4 Å². The van der Waals surface area contributed by atoms with Crippen LogP contribution in [0.3, 0.4) is 0 Å². The van der Waals surface area contributed by atoms with Crippen LogP contribution in [-0.2, 0) is 0 Å². The van der Waals surface area contributed by atoms with Gasteiger partial charge in [-0.3, -0.25) is 4.79 Å². The summed E-state index contributed by atoms with van der Waals surface area (Å²) in [6.45, 7) is 0. The number of nitriles is 1. The first-order valence-electron chi connectivity index (χ1n) is 3.86. The van der Waals surface area contributed by atoms with Gasteiger partial charge in [0.05, 0.1) is 10.3 Å². The van der Waals surface area contributed by atoms with E-state index in [9.17, 15) is 9.90 Å². The molecule has 0 amide bonds. The van der Waals surface area contributed by atoms with Crippen LogP contribution in [-0.4, -0.2) is 11.4 Å². The second-order valence-corrected chi connectivity index (χ2v) is 3.67. The van der Waals surface area contributed by atoms with Gasteiger partial charge in [0.1, 0.15) is 11.8 Å². The van der Waals surface area contributed by atoms with E-state index in [4.69, 9.17) is 5.26 Å². The lowest BCUT2D eigenvalue weighted by atomic mass is 10.1. The number of carbonyl (C=O) groups is 1. The van der Waals surface area contributed by atoms with Crippen molar-refractivity contribution in [1.29, 1.82) is 5.26 Å². The quantitative estimate of drug-likeness (QED) is 0.723. The summed E-state index contributed by atoms with van der Waals surface area (Å²) in [7, 11) is 0. The SMILES string of the molecule is N#Cc1cc(O)c2sccc2c1C=O. The first-order chi connectivity index (χ1) is 6.77. The minimum atomic E-state index is 0.0529. The standard InChI is InChI=1S/C10H5NO2S/c11-4-6-3-9(13)10-7(1-2-14-10)8(6)5-12/h1-3,5,13H. The molecule has 0 radical (unpaired) electrons. The monoisotopic (exact) mass is 203 g/mol. The van der Waals surface area contributed by atoms with Crippen molar-refractivity contribution in [3.8, 4) is 11.8 Å². The number of aromatic hydroxyl groups is 1. The van der Waals surface area contributed by atoms with Crippen LogP contribution in [0.4, 0.5) is 0 Å². The predicted octanol–water partition coefficient (Wildman–Crippen LogP) is 2.29. The van der Waals surface area contributed by atoms with E-state index in [0.717, 1.165) is 0 Å². The highest BCUT2D eigenvalue weighted by molar-refractivity contribution is 7.17. The minimum absolute atomic E-state index is 0.0529. The van der Waals surface area contributed by atoms with Crippen molar-refractivity contribution in [3.63, 3.8) is 0 Å². The summed E-state index contributed by atoms with van der Waals surface area (Å²) in [6.07, 6.45) is 0.646. The van der Waals surface area contributed by atoms with E-state index in [1.807, 2.05) is 6.07 Å². The van der Waals surface area contributed by atoms with Gasteiger partial charge in [-0.05, 0) is 17.5 Å². The third kappa shape index (κ3) is 1.07. The fourth-order valence-electron chi connectivity index (χ4n) is 1.36. The van der Waals surface area contributed by atoms with E-state index in [0.29, 0.717) is 21.9 Å². The van der Waals surface area contributed by atoms with Gasteiger partial charge < -0.3 is 5.11 Å². The molecule has 0 saturated heterocycles. The van der Waals surface area contributed by atoms with Gasteiger partial charge in [0.25, 0.3) is 0 Å². The predicted molar refractivity (Wildman–Crippen MR) is 53.6 cm³/mol. The van der Waals surface area contributed by atoms with Gasteiger partial charge in [-0.25, -0.2) is 0 Å². The number of fused-ring (bicyclic) bond motifs is 1. The number of hydrogen-bond acceptors (Lipinski definition) is 4. The van der Waals surface area contributed by atoms with Gasteiger partial charge in [0, 0.05) is 10.9 Å². The third-order valence-corrected chi connectivity index (χ3v) is 2.93. The molecular formula is C10H5NO2S. The highest BCUT2D eigenvalue weighted by Crippen LogP contribution is 2.33. The topological polar surface area (TPSA) is 61.1 Å². The number of thiophene rings is 1. The average Bonchev–Trinajstić information content (AvgIpc) is 2.66. The molecule has 1 aromatic carbocycles. The number of phenols is 1. The lowest BCUT2D eigenvalue weighted by Gasteiger charge is -2.00. The largest absolute Gasteiger partial charge is 0.506 e. The van der Waals surface area contributed by atoms with E-state index in [1.54, 1.807) is 11.4 Å². The molecule has 0 bridgehead atoms. The maximum absolute atomic E-state index is 10.8. The summed E-state index contributed by atoms with van der Waals surface area (Å²) >= 11 is 1.34. The van der Waals surface area contributed by atoms with Gasteiger partial charge >= 0.3 is 0 Å². The third-order valence-electron chi connectivity index (χ3n) is 2.00. The van der Waals surface area contributed by atoms with Gasteiger partial charge in [-0.1, -0.05) is 0 Å². The van der Waals surface area contributed by atoms with Crippen molar-refractivity contribution < 1.29 is 9.90 Å².